The lowest BCUT2D eigenvalue weighted by Crippen LogP contribution is -2.19. The zero-order chi connectivity index (χ0) is 18.5. The van der Waals surface area contributed by atoms with Crippen LogP contribution in [-0.4, -0.2) is 20.4 Å². The van der Waals surface area contributed by atoms with E-state index in [2.05, 4.69) is 37.0 Å². The molecule has 0 aliphatic heterocycles. The molecule has 0 spiro atoms. The standard InChI is InChI=1S/C21H17N5S/c22-20(17-9-12-23-13-10-17)25-21-26(14-18-8-4-5-11-24-18)19(15-27-21)16-6-2-1-3-7-16/h1-13,15,22H,14H2. The molecule has 3 heterocycles. The Kier molecular flexibility index (Phi) is 4.98. The van der Waals surface area contributed by atoms with Crippen molar-refractivity contribution in [1.82, 2.24) is 14.5 Å². The third-order valence-corrected chi connectivity index (χ3v) is 4.94. The Morgan fingerprint density at radius 2 is 1.74 bits per heavy atom. The van der Waals surface area contributed by atoms with Gasteiger partial charge in [-0.3, -0.25) is 15.4 Å². The Bertz CT molecular complexity index is 1100. The molecule has 0 saturated heterocycles. The van der Waals surface area contributed by atoms with E-state index in [1.54, 1.807) is 30.7 Å². The summed E-state index contributed by atoms with van der Waals surface area (Å²) in [6.45, 7) is 0.594. The fraction of sp³-hybridized carbons (Fsp3) is 0.0476. The van der Waals surface area contributed by atoms with Gasteiger partial charge in [0.15, 0.2) is 10.6 Å². The van der Waals surface area contributed by atoms with Crippen LogP contribution in [0.5, 0.6) is 0 Å². The van der Waals surface area contributed by atoms with Crippen LogP contribution in [0.2, 0.25) is 0 Å². The van der Waals surface area contributed by atoms with Gasteiger partial charge in [-0.15, -0.1) is 11.3 Å². The first-order chi connectivity index (χ1) is 13.3. The van der Waals surface area contributed by atoms with Gasteiger partial charge in [-0.1, -0.05) is 36.4 Å². The molecule has 0 fully saturated rings. The summed E-state index contributed by atoms with van der Waals surface area (Å²) in [6.07, 6.45) is 5.14. The van der Waals surface area contributed by atoms with Gasteiger partial charge < -0.3 is 4.57 Å². The Morgan fingerprint density at radius 1 is 0.963 bits per heavy atom. The van der Waals surface area contributed by atoms with Crippen LogP contribution < -0.4 is 4.80 Å². The fourth-order valence-corrected chi connectivity index (χ4v) is 3.65. The summed E-state index contributed by atoms with van der Waals surface area (Å²) < 4.78 is 2.11. The van der Waals surface area contributed by atoms with Crippen molar-refractivity contribution in [1.29, 1.82) is 5.41 Å². The van der Waals surface area contributed by atoms with Gasteiger partial charge in [-0.25, -0.2) is 4.99 Å². The number of nitrogens with one attached hydrogen (secondary N) is 1. The largest absolute Gasteiger partial charge is 0.310 e. The van der Waals surface area contributed by atoms with E-state index in [0.717, 1.165) is 27.3 Å². The highest BCUT2D eigenvalue weighted by Gasteiger charge is 2.10. The number of nitrogens with zero attached hydrogens (tertiary/aromatic N) is 4. The lowest BCUT2D eigenvalue weighted by atomic mass is 10.2. The van der Waals surface area contributed by atoms with Crippen molar-refractivity contribution in [3.05, 3.63) is 101 Å². The average molecular weight is 371 g/mol. The molecular weight excluding hydrogens is 354 g/mol. The summed E-state index contributed by atoms with van der Waals surface area (Å²) >= 11 is 1.53. The third-order valence-electron chi connectivity index (χ3n) is 4.07. The van der Waals surface area contributed by atoms with Crippen molar-refractivity contribution in [2.75, 3.05) is 0 Å². The van der Waals surface area contributed by atoms with Crippen molar-refractivity contribution in [3.63, 3.8) is 0 Å². The summed E-state index contributed by atoms with van der Waals surface area (Å²) in [5.41, 5.74) is 3.86. The Balaban J connectivity index is 1.81. The van der Waals surface area contributed by atoms with Crippen LogP contribution in [0.4, 0.5) is 0 Å². The molecule has 3 aromatic heterocycles. The van der Waals surface area contributed by atoms with Crippen molar-refractivity contribution in [3.8, 4) is 11.3 Å². The van der Waals surface area contributed by atoms with E-state index < -0.39 is 0 Å². The minimum atomic E-state index is 0.216. The van der Waals surface area contributed by atoms with E-state index in [1.807, 2.05) is 36.4 Å². The number of rotatable bonds is 4. The topological polar surface area (TPSA) is 66.9 Å². The molecule has 0 amide bonds. The zero-order valence-corrected chi connectivity index (χ0v) is 15.3. The van der Waals surface area contributed by atoms with Gasteiger partial charge >= 0.3 is 0 Å². The molecule has 4 aromatic rings. The SMILES string of the molecule is N=C(N=c1scc(-c2ccccc2)n1Cc1ccccn1)c1ccncc1. The summed E-state index contributed by atoms with van der Waals surface area (Å²) in [7, 11) is 0. The van der Waals surface area contributed by atoms with E-state index in [9.17, 15) is 0 Å². The number of thiazole rings is 1. The van der Waals surface area contributed by atoms with Gasteiger partial charge in [-0.05, 0) is 29.8 Å². The summed E-state index contributed by atoms with van der Waals surface area (Å²) in [5, 5.41) is 10.4. The molecule has 5 nitrogen and oxygen atoms in total. The minimum Gasteiger partial charge on any atom is -0.310 e. The van der Waals surface area contributed by atoms with Crippen LogP contribution in [0.1, 0.15) is 11.3 Å². The van der Waals surface area contributed by atoms with Crippen LogP contribution >= 0.6 is 11.3 Å². The van der Waals surface area contributed by atoms with E-state index in [1.165, 1.54) is 11.3 Å². The molecule has 4 rings (SSSR count). The van der Waals surface area contributed by atoms with Gasteiger partial charge in [0.2, 0.25) is 0 Å². The third kappa shape index (κ3) is 3.91. The monoisotopic (exact) mass is 371 g/mol. The molecule has 132 valence electrons. The predicted octanol–water partition coefficient (Wildman–Crippen LogP) is 3.98. The molecule has 0 unspecified atom stereocenters. The number of amidine groups is 1. The molecular formula is C21H17N5S. The second-order valence-electron chi connectivity index (χ2n) is 5.87. The molecule has 0 saturated carbocycles. The Morgan fingerprint density at radius 3 is 2.48 bits per heavy atom. The zero-order valence-electron chi connectivity index (χ0n) is 14.5. The number of hydrogen-bond acceptors (Lipinski definition) is 4. The smallest absolute Gasteiger partial charge is 0.192 e. The maximum atomic E-state index is 8.34. The molecule has 0 bridgehead atoms. The molecule has 0 aliphatic carbocycles. The number of hydrogen-bond donors (Lipinski definition) is 1. The van der Waals surface area contributed by atoms with Crippen LogP contribution in [-0.2, 0) is 6.54 Å². The van der Waals surface area contributed by atoms with Crippen LogP contribution in [0.25, 0.3) is 11.3 Å². The summed E-state index contributed by atoms with van der Waals surface area (Å²) in [4.78, 5) is 13.8. The van der Waals surface area contributed by atoms with Gasteiger partial charge in [0.25, 0.3) is 0 Å². The van der Waals surface area contributed by atoms with E-state index in [4.69, 9.17) is 5.41 Å². The van der Waals surface area contributed by atoms with E-state index >= 15 is 0 Å². The quantitative estimate of drug-likeness (QED) is 0.435. The number of pyridine rings is 2. The van der Waals surface area contributed by atoms with Crippen LogP contribution in [0.3, 0.4) is 0 Å². The highest BCUT2D eigenvalue weighted by Crippen LogP contribution is 2.20. The van der Waals surface area contributed by atoms with E-state index in [-0.39, 0.29) is 5.84 Å². The molecule has 0 radical (unpaired) electrons. The van der Waals surface area contributed by atoms with Crippen molar-refractivity contribution >= 4 is 17.2 Å². The lowest BCUT2D eigenvalue weighted by molar-refractivity contribution is 0.758. The molecule has 6 heteroatoms. The maximum absolute atomic E-state index is 8.34. The van der Waals surface area contributed by atoms with Crippen LogP contribution in [0.15, 0.2) is 89.6 Å². The highest BCUT2D eigenvalue weighted by molar-refractivity contribution is 7.07. The fourth-order valence-electron chi connectivity index (χ4n) is 2.73. The molecule has 1 N–H and O–H groups in total. The highest BCUT2D eigenvalue weighted by atomic mass is 32.1. The van der Waals surface area contributed by atoms with E-state index in [0.29, 0.717) is 6.54 Å². The molecule has 1 aromatic carbocycles. The lowest BCUT2D eigenvalue weighted by Gasteiger charge is -2.09. The first-order valence-electron chi connectivity index (χ1n) is 8.48. The number of benzene rings is 1. The predicted molar refractivity (Wildman–Crippen MR) is 108 cm³/mol. The maximum Gasteiger partial charge on any atom is 0.192 e. The van der Waals surface area contributed by atoms with Crippen molar-refractivity contribution < 1.29 is 0 Å². The van der Waals surface area contributed by atoms with Gasteiger partial charge in [-0.2, -0.15) is 0 Å². The normalized spacial score (nSPS) is 11.5. The van der Waals surface area contributed by atoms with Gasteiger partial charge in [0.05, 0.1) is 17.9 Å². The number of aromatic nitrogens is 3. The summed E-state index contributed by atoms with van der Waals surface area (Å²) in [5.74, 6) is 0.216. The average Bonchev–Trinajstić information content (AvgIpc) is 3.12. The molecule has 0 aliphatic rings. The first kappa shape index (κ1) is 17.1. The molecule has 0 atom stereocenters. The minimum absolute atomic E-state index is 0.216. The van der Waals surface area contributed by atoms with Crippen molar-refractivity contribution in [2.45, 2.75) is 6.54 Å². The second-order valence-corrected chi connectivity index (χ2v) is 6.71. The van der Waals surface area contributed by atoms with Gasteiger partial charge in [0, 0.05) is 29.5 Å². The Hall–Kier alpha value is -3.38. The second kappa shape index (κ2) is 7.88. The summed E-state index contributed by atoms with van der Waals surface area (Å²) in [6, 6.07) is 19.7. The van der Waals surface area contributed by atoms with Gasteiger partial charge in [0.1, 0.15) is 0 Å². The van der Waals surface area contributed by atoms with Crippen molar-refractivity contribution in [2.24, 2.45) is 4.99 Å². The van der Waals surface area contributed by atoms with Crippen LogP contribution in [0, 0.1) is 5.41 Å². The first-order valence-corrected chi connectivity index (χ1v) is 9.36. The molecule has 27 heavy (non-hydrogen) atoms. The Labute approximate surface area is 160 Å².